The standard InChI is InChI=1S/C11H20O2/c1-8(2)6-9-4-5-10(7-9)11(12)13-3/h8-10H,4-7H2,1-3H3. The Balaban J connectivity index is 2.32. The predicted octanol–water partition coefficient (Wildman–Crippen LogP) is 2.62. The van der Waals surface area contributed by atoms with E-state index in [1.807, 2.05) is 0 Å². The fourth-order valence-corrected chi connectivity index (χ4v) is 2.34. The summed E-state index contributed by atoms with van der Waals surface area (Å²) in [5.41, 5.74) is 0. The Bertz CT molecular complexity index is 175. The Morgan fingerprint density at radius 2 is 2.15 bits per heavy atom. The Hall–Kier alpha value is -0.530. The van der Waals surface area contributed by atoms with Crippen LogP contribution < -0.4 is 0 Å². The summed E-state index contributed by atoms with van der Waals surface area (Å²) in [5, 5.41) is 0. The van der Waals surface area contributed by atoms with Crippen LogP contribution in [-0.4, -0.2) is 13.1 Å². The molecule has 1 saturated carbocycles. The maximum Gasteiger partial charge on any atom is 0.308 e. The molecule has 0 spiro atoms. The lowest BCUT2D eigenvalue weighted by molar-refractivity contribution is -0.145. The fraction of sp³-hybridized carbons (Fsp3) is 0.909. The van der Waals surface area contributed by atoms with Gasteiger partial charge in [-0.15, -0.1) is 0 Å². The van der Waals surface area contributed by atoms with Gasteiger partial charge in [0.05, 0.1) is 13.0 Å². The molecule has 0 N–H and O–H groups in total. The molecule has 0 bridgehead atoms. The van der Waals surface area contributed by atoms with Crippen molar-refractivity contribution in [2.75, 3.05) is 7.11 Å². The molecule has 0 aromatic rings. The lowest BCUT2D eigenvalue weighted by Crippen LogP contribution is -2.13. The second-order valence-electron chi connectivity index (χ2n) is 4.53. The molecule has 1 aliphatic carbocycles. The lowest BCUT2D eigenvalue weighted by Gasteiger charge is -2.12. The van der Waals surface area contributed by atoms with Crippen LogP contribution in [0.1, 0.15) is 39.5 Å². The number of methoxy groups -OCH3 is 1. The van der Waals surface area contributed by atoms with E-state index in [0.29, 0.717) is 0 Å². The van der Waals surface area contributed by atoms with Crippen molar-refractivity contribution in [3.63, 3.8) is 0 Å². The van der Waals surface area contributed by atoms with E-state index in [0.717, 1.165) is 24.7 Å². The molecule has 0 heterocycles. The number of hydrogen-bond acceptors (Lipinski definition) is 2. The van der Waals surface area contributed by atoms with Gasteiger partial charge in [-0.05, 0) is 37.5 Å². The summed E-state index contributed by atoms with van der Waals surface area (Å²) in [5.74, 6) is 1.69. The van der Waals surface area contributed by atoms with E-state index in [-0.39, 0.29) is 11.9 Å². The zero-order chi connectivity index (χ0) is 9.84. The summed E-state index contributed by atoms with van der Waals surface area (Å²) in [6, 6.07) is 0. The monoisotopic (exact) mass is 184 g/mol. The first-order valence-corrected chi connectivity index (χ1v) is 5.21. The van der Waals surface area contributed by atoms with Crippen LogP contribution >= 0.6 is 0 Å². The molecule has 2 nitrogen and oxygen atoms in total. The van der Waals surface area contributed by atoms with Crippen molar-refractivity contribution >= 4 is 5.97 Å². The van der Waals surface area contributed by atoms with Gasteiger partial charge < -0.3 is 4.74 Å². The summed E-state index contributed by atoms with van der Waals surface area (Å²) >= 11 is 0. The van der Waals surface area contributed by atoms with Crippen LogP contribution in [0.3, 0.4) is 0 Å². The Morgan fingerprint density at radius 1 is 1.46 bits per heavy atom. The van der Waals surface area contributed by atoms with Gasteiger partial charge in [-0.2, -0.15) is 0 Å². The van der Waals surface area contributed by atoms with Crippen molar-refractivity contribution < 1.29 is 9.53 Å². The maximum atomic E-state index is 11.2. The second kappa shape index (κ2) is 4.64. The normalized spacial score (nSPS) is 28.0. The molecule has 0 aromatic carbocycles. The van der Waals surface area contributed by atoms with Gasteiger partial charge in [-0.3, -0.25) is 4.79 Å². The largest absolute Gasteiger partial charge is 0.469 e. The number of esters is 1. The topological polar surface area (TPSA) is 26.3 Å². The van der Waals surface area contributed by atoms with Crippen LogP contribution in [0.2, 0.25) is 0 Å². The number of carbonyl (C=O) groups is 1. The zero-order valence-electron chi connectivity index (χ0n) is 8.88. The average molecular weight is 184 g/mol. The minimum Gasteiger partial charge on any atom is -0.469 e. The molecule has 13 heavy (non-hydrogen) atoms. The molecule has 1 rings (SSSR count). The Morgan fingerprint density at radius 3 is 2.69 bits per heavy atom. The first kappa shape index (κ1) is 10.6. The molecule has 0 aliphatic heterocycles. The highest BCUT2D eigenvalue weighted by Gasteiger charge is 2.30. The molecule has 2 atom stereocenters. The molecule has 0 aromatic heterocycles. The molecule has 76 valence electrons. The molecule has 0 amide bonds. The van der Waals surface area contributed by atoms with Crippen LogP contribution in [0.4, 0.5) is 0 Å². The highest BCUT2D eigenvalue weighted by atomic mass is 16.5. The zero-order valence-corrected chi connectivity index (χ0v) is 8.88. The third-order valence-electron chi connectivity index (χ3n) is 2.88. The van der Waals surface area contributed by atoms with Crippen LogP contribution in [0.25, 0.3) is 0 Å². The van der Waals surface area contributed by atoms with Crippen molar-refractivity contribution in [2.45, 2.75) is 39.5 Å². The number of rotatable bonds is 3. The number of carbonyl (C=O) groups excluding carboxylic acids is 1. The van der Waals surface area contributed by atoms with Crippen LogP contribution in [-0.2, 0) is 9.53 Å². The number of hydrogen-bond donors (Lipinski definition) is 0. The first-order chi connectivity index (χ1) is 6.13. The van der Waals surface area contributed by atoms with Gasteiger partial charge in [0.1, 0.15) is 0 Å². The third kappa shape index (κ3) is 3.02. The highest BCUT2D eigenvalue weighted by Crippen LogP contribution is 2.35. The second-order valence-corrected chi connectivity index (χ2v) is 4.53. The summed E-state index contributed by atoms with van der Waals surface area (Å²) in [6.07, 6.45) is 4.54. The van der Waals surface area contributed by atoms with Gasteiger partial charge in [0, 0.05) is 0 Å². The van der Waals surface area contributed by atoms with Gasteiger partial charge in [0.2, 0.25) is 0 Å². The van der Waals surface area contributed by atoms with Crippen molar-refractivity contribution in [2.24, 2.45) is 17.8 Å². The van der Waals surface area contributed by atoms with E-state index in [1.54, 1.807) is 0 Å². The fourth-order valence-electron chi connectivity index (χ4n) is 2.34. The van der Waals surface area contributed by atoms with Crippen molar-refractivity contribution in [1.82, 2.24) is 0 Å². The van der Waals surface area contributed by atoms with Crippen LogP contribution in [0, 0.1) is 17.8 Å². The molecule has 0 radical (unpaired) electrons. The molecule has 0 saturated heterocycles. The van der Waals surface area contributed by atoms with E-state index < -0.39 is 0 Å². The molecule has 1 fully saturated rings. The first-order valence-electron chi connectivity index (χ1n) is 5.21. The average Bonchev–Trinajstić information content (AvgIpc) is 2.50. The highest BCUT2D eigenvalue weighted by molar-refractivity contribution is 5.72. The lowest BCUT2D eigenvalue weighted by atomic mass is 9.95. The van der Waals surface area contributed by atoms with Gasteiger partial charge in [-0.1, -0.05) is 13.8 Å². The molecular formula is C11H20O2. The van der Waals surface area contributed by atoms with Gasteiger partial charge >= 0.3 is 5.97 Å². The van der Waals surface area contributed by atoms with Gasteiger partial charge in [-0.25, -0.2) is 0 Å². The van der Waals surface area contributed by atoms with E-state index in [1.165, 1.54) is 20.0 Å². The molecule has 2 heteroatoms. The maximum absolute atomic E-state index is 11.2. The van der Waals surface area contributed by atoms with Crippen molar-refractivity contribution in [1.29, 1.82) is 0 Å². The Labute approximate surface area is 80.7 Å². The van der Waals surface area contributed by atoms with Gasteiger partial charge in [0.25, 0.3) is 0 Å². The molecule has 1 aliphatic rings. The van der Waals surface area contributed by atoms with Crippen LogP contribution in [0.5, 0.6) is 0 Å². The number of ether oxygens (including phenoxy) is 1. The van der Waals surface area contributed by atoms with Crippen LogP contribution in [0.15, 0.2) is 0 Å². The minimum atomic E-state index is -0.00810. The quantitative estimate of drug-likeness (QED) is 0.630. The van der Waals surface area contributed by atoms with Gasteiger partial charge in [0.15, 0.2) is 0 Å². The van der Waals surface area contributed by atoms with E-state index in [4.69, 9.17) is 4.74 Å². The predicted molar refractivity (Wildman–Crippen MR) is 52.3 cm³/mol. The SMILES string of the molecule is COC(=O)C1CCC(CC(C)C)C1. The third-order valence-corrected chi connectivity index (χ3v) is 2.88. The summed E-state index contributed by atoms with van der Waals surface area (Å²) in [7, 11) is 1.48. The molecule has 2 unspecified atom stereocenters. The van der Waals surface area contributed by atoms with Crippen molar-refractivity contribution in [3.05, 3.63) is 0 Å². The molecular weight excluding hydrogens is 164 g/mol. The van der Waals surface area contributed by atoms with E-state index in [9.17, 15) is 4.79 Å². The Kier molecular flexibility index (Phi) is 3.76. The smallest absolute Gasteiger partial charge is 0.308 e. The van der Waals surface area contributed by atoms with Crippen molar-refractivity contribution in [3.8, 4) is 0 Å². The summed E-state index contributed by atoms with van der Waals surface area (Å²) in [4.78, 5) is 11.2. The van der Waals surface area contributed by atoms with E-state index >= 15 is 0 Å². The minimum absolute atomic E-state index is 0.00810. The summed E-state index contributed by atoms with van der Waals surface area (Å²) < 4.78 is 4.75. The van der Waals surface area contributed by atoms with E-state index in [2.05, 4.69) is 13.8 Å². The summed E-state index contributed by atoms with van der Waals surface area (Å²) in [6.45, 7) is 4.48.